The minimum absolute atomic E-state index is 0.0742. The number of anilines is 1. The van der Waals surface area contributed by atoms with Gasteiger partial charge < -0.3 is 13.9 Å². The number of sulfonamides is 1. The zero-order valence-corrected chi connectivity index (χ0v) is 20.3. The van der Waals surface area contributed by atoms with Crippen molar-refractivity contribution in [3.63, 3.8) is 0 Å². The summed E-state index contributed by atoms with van der Waals surface area (Å²) in [5, 5.41) is 7.49. The van der Waals surface area contributed by atoms with Crippen LogP contribution in [0, 0.1) is 5.82 Å². The van der Waals surface area contributed by atoms with Crippen molar-refractivity contribution in [3.05, 3.63) is 60.6 Å². The second-order valence-corrected chi connectivity index (χ2v) is 10.1. The van der Waals surface area contributed by atoms with Crippen LogP contribution < -0.4 is 14.2 Å². The highest BCUT2D eigenvalue weighted by Gasteiger charge is 2.41. The van der Waals surface area contributed by atoms with Crippen molar-refractivity contribution in [1.82, 2.24) is 24.7 Å². The van der Waals surface area contributed by atoms with Crippen LogP contribution in [0.25, 0.3) is 17.3 Å². The Kier molecular flexibility index (Phi) is 6.31. The molecule has 0 saturated heterocycles. The fourth-order valence-corrected chi connectivity index (χ4v) is 6.19. The Hall–Kier alpha value is -4.00. The summed E-state index contributed by atoms with van der Waals surface area (Å²) in [5.74, 6) is 0.540. The molecule has 0 radical (unpaired) electrons. The molecule has 1 N–H and O–H groups in total. The van der Waals surface area contributed by atoms with E-state index in [1.165, 1.54) is 25.0 Å². The summed E-state index contributed by atoms with van der Waals surface area (Å²) in [6.45, 7) is 0. The number of rotatable bonds is 8. The Morgan fingerprint density at radius 1 is 1.06 bits per heavy atom. The second-order valence-electron chi connectivity index (χ2n) is 8.15. The molecule has 36 heavy (non-hydrogen) atoms. The lowest BCUT2D eigenvalue weighted by molar-refractivity contribution is 0.391. The Bertz CT molecular complexity index is 1430. The van der Waals surface area contributed by atoms with Gasteiger partial charge in [0.1, 0.15) is 23.0 Å². The third-order valence-corrected chi connectivity index (χ3v) is 7.92. The maximum atomic E-state index is 13.6. The zero-order valence-electron chi connectivity index (χ0n) is 19.5. The van der Waals surface area contributed by atoms with Gasteiger partial charge in [-0.3, -0.25) is 9.29 Å². The molecular formula is C23H23FN6O5S. The molecule has 1 aromatic carbocycles. The number of methoxy groups -OCH3 is 2. The van der Waals surface area contributed by atoms with Crippen molar-refractivity contribution in [3.8, 4) is 28.8 Å². The van der Waals surface area contributed by atoms with E-state index in [0.717, 1.165) is 12.4 Å². The molecule has 1 saturated carbocycles. The van der Waals surface area contributed by atoms with Crippen LogP contribution in [0.5, 0.6) is 11.5 Å². The van der Waals surface area contributed by atoms with Crippen molar-refractivity contribution in [2.45, 2.75) is 30.4 Å². The lowest BCUT2D eigenvalue weighted by atomic mass is 10.1. The lowest BCUT2D eigenvalue weighted by Gasteiger charge is -2.21. The summed E-state index contributed by atoms with van der Waals surface area (Å²) >= 11 is 0. The Morgan fingerprint density at radius 2 is 1.78 bits per heavy atom. The van der Waals surface area contributed by atoms with E-state index in [9.17, 15) is 12.8 Å². The molecule has 5 rings (SSSR count). The predicted molar refractivity (Wildman–Crippen MR) is 127 cm³/mol. The molecule has 1 aliphatic rings. The normalized spacial score (nSPS) is 17.8. The number of benzene rings is 1. The zero-order chi connectivity index (χ0) is 25.3. The van der Waals surface area contributed by atoms with Crippen LogP contribution in [0.1, 0.15) is 31.0 Å². The number of furan rings is 1. The van der Waals surface area contributed by atoms with Gasteiger partial charge in [0, 0.05) is 5.92 Å². The summed E-state index contributed by atoms with van der Waals surface area (Å²) in [5.41, 5.74) is 0.390. The van der Waals surface area contributed by atoms with Crippen molar-refractivity contribution >= 4 is 16.0 Å². The average molecular weight is 515 g/mol. The van der Waals surface area contributed by atoms with Crippen molar-refractivity contribution in [1.29, 1.82) is 0 Å². The largest absolute Gasteiger partial charge is 0.494 e. The summed E-state index contributed by atoms with van der Waals surface area (Å²) in [6, 6.07) is 8.53. The first-order valence-electron chi connectivity index (χ1n) is 11.1. The van der Waals surface area contributed by atoms with Gasteiger partial charge in [-0.1, -0.05) is 12.5 Å². The average Bonchev–Trinajstić information content (AvgIpc) is 3.65. The minimum atomic E-state index is -4.00. The minimum Gasteiger partial charge on any atom is -0.494 e. The molecular weight excluding hydrogens is 491 g/mol. The topological polar surface area (TPSA) is 134 Å². The Labute approximate surface area is 206 Å². The lowest BCUT2D eigenvalue weighted by Crippen LogP contribution is -2.31. The number of ether oxygens (including phenoxy) is 2. The van der Waals surface area contributed by atoms with Crippen LogP contribution in [-0.4, -0.2) is 52.6 Å². The van der Waals surface area contributed by atoms with Crippen molar-refractivity contribution in [2.75, 3.05) is 18.9 Å². The Morgan fingerprint density at radius 3 is 2.42 bits per heavy atom. The van der Waals surface area contributed by atoms with Crippen LogP contribution in [0.3, 0.4) is 0 Å². The summed E-state index contributed by atoms with van der Waals surface area (Å²) in [4.78, 5) is 8.04. The van der Waals surface area contributed by atoms with E-state index in [1.54, 1.807) is 30.3 Å². The first-order chi connectivity index (χ1) is 17.4. The van der Waals surface area contributed by atoms with Crippen LogP contribution in [0.15, 0.2) is 53.4 Å². The molecule has 0 aliphatic heterocycles. The molecule has 188 valence electrons. The highest BCUT2D eigenvalue weighted by Crippen LogP contribution is 2.40. The number of aromatic nitrogens is 5. The van der Waals surface area contributed by atoms with Crippen LogP contribution >= 0.6 is 0 Å². The molecule has 1 aliphatic carbocycles. The standard InChI is InChI=1S/C23H23FN6O5S/c1-33-16-7-4-8-17(34-2)20(16)30-22(18-9-5-11-35-18)27-28-23(30)29-36(31,32)19-10-3-6-15(19)21-25-12-14(24)13-26-21/h4-5,7-9,11-13,15,19H,3,6,10H2,1-2H3,(H,28,29). The molecule has 2 unspecified atom stereocenters. The van der Waals surface area contributed by atoms with Gasteiger partial charge in [-0.15, -0.1) is 10.2 Å². The molecule has 0 amide bonds. The monoisotopic (exact) mass is 514 g/mol. The van der Waals surface area contributed by atoms with Gasteiger partial charge >= 0.3 is 0 Å². The van der Waals surface area contributed by atoms with Crippen LogP contribution in [0.2, 0.25) is 0 Å². The van der Waals surface area contributed by atoms with Gasteiger partial charge in [0.05, 0.1) is 38.1 Å². The second kappa shape index (κ2) is 9.57. The van der Waals surface area contributed by atoms with Gasteiger partial charge in [0.25, 0.3) is 0 Å². The van der Waals surface area contributed by atoms with E-state index in [4.69, 9.17) is 13.9 Å². The third-order valence-electron chi connectivity index (χ3n) is 6.09. The van der Waals surface area contributed by atoms with Gasteiger partial charge in [-0.2, -0.15) is 0 Å². The number of hydrogen-bond acceptors (Lipinski definition) is 9. The fraction of sp³-hybridized carbons (Fsp3) is 0.304. The first kappa shape index (κ1) is 23.7. The molecule has 2 atom stereocenters. The van der Waals surface area contributed by atoms with E-state index in [0.29, 0.717) is 42.2 Å². The maximum absolute atomic E-state index is 13.6. The third kappa shape index (κ3) is 4.26. The number of nitrogens with one attached hydrogen (secondary N) is 1. The fourth-order valence-electron chi connectivity index (χ4n) is 4.49. The van der Waals surface area contributed by atoms with Gasteiger partial charge in [-0.05, 0) is 37.1 Å². The smallest absolute Gasteiger partial charge is 0.243 e. The number of para-hydroxylation sites is 1. The van der Waals surface area contributed by atoms with E-state index in [1.807, 2.05) is 0 Å². The van der Waals surface area contributed by atoms with Gasteiger partial charge in [0.2, 0.25) is 21.8 Å². The number of nitrogens with zero attached hydrogens (tertiary/aromatic N) is 5. The quantitative estimate of drug-likeness (QED) is 0.374. The summed E-state index contributed by atoms with van der Waals surface area (Å²) < 4.78 is 61.3. The van der Waals surface area contributed by atoms with E-state index in [2.05, 4.69) is 24.9 Å². The number of hydrogen-bond donors (Lipinski definition) is 1. The molecule has 0 bridgehead atoms. The van der Waals surface area contributed by atoms with Gasteiger partial charge in [0.15, 0.2) is 11.6 Å². The van der Waals surface area contributed by atoms with Crippen molar-refractivity contribution < 1.29 is 26.7 Å². The molecule has 11 nitrogen and oxygen atoms in total. The van der Waals surface area contributed by atoms with Crippen molar-refractivity contribution in [2.24, 2.45) is 0 Å². The molecule has 3 aromatic heterocycles. The molecule has 0 spiro atoms. The molecule has 13 heteroatoms. The van der Waals surface area contributed by atoms with E-state index in [-0.39, 0.29) is 17.6 Å². The highest BCUT2D eigenvalue weighted by molar-refractivity contribution is 7.93. The first-order valence-corrected chi connectivity index (χ1v) is 12.7. The van der Waals surface area contributed by atoms with E-state index >= 15 is 0 Å². The Balaban J connectivity index is 1.59. The molecule has 4 aromatic rings. The number of halogens is 1. The van der Waals surface area contributed by atoms with E-state index < -0.39 is 27.0 Å². The van der Waals surface area contributed by atoms with Crippen LogP contribution in [-0.2, 0) is 10.0 Å². The highest BCUT2D eigenvalue weighted by atomic mass is 32.2. The summed E-state index contributed by atoms with van der Waals surface area (Å²) in [7, 11) is -1.02. The SMILES string of the molecule is COc1cccc(OC)c1-n1c(NS(=O)(=O)C2CCCC2c2ncc(F)cn2)nnc1-c1ccco1. The summed E-state index contributed by atoms with van der Waals surface area (Å²) in [6.07, 6.45) is 5.15. The van der Waals surface area contributed by atoms with Gasteiger partial charge in [-0.25, -0.2) is 22.8 Å². The molecule has 1 fully saturated rings. The van der Waals surface area contributed by atoms with Crippen LogP contribution in [0.4, 0.5) is 10.3 Å². The maximum Gasteiger partial charge on any atom is 0.243 e. The molecule has 3 heterocycles. The predicted octanol–water partition coefficient (Wildman–Crippen LogP) is 3.55.